The Balaban J connectivity index is 2.51. The van der Waals surface area contributed by atoms with Crippen LogP contribution in [-0.4, -0.2) is 24.6 Å². The minimum Gasteiger partial charge on any atom is -0.375 e. The maximum atomic E-state index is 11.0. The average Bonchev–Trinajstić information content (AvgIpc) is 2.30. The van der Waals surface area contributed by atoms with Gasteiger partial charge >= 0.3 is 12.1 Å². The number of esters is 1. The Morgan fingerprint density at radius 1 is 1.75 bits per heavy atom. The smallest absolute Gasteiger partial charge is 0.375 e. The fraction of sp³-hybridized carbons (Fsp3) is 0.667. The highest BCUT2D eigenvalue weighted by Gasteiger charge is 2.35. The van der Waals surface area contributed by atoms with E-state index in [0.29, 0.717) is 6.54 Å². The number of rotatable bonds is 3. The molecule has 1 heterocycles. The molecule has 6 heteroatoms. The Hall–Kier alpha value is -0.670. The first-order valence-electron chi connectivity index (χ1n) is 3.61. The van der Waals surface area contributed by atoms with Crippen molar-refractivity contribution in [2.45, 2.75) is 13.0 Å². The molecule has 5 nitrogen and oxygen atoms in total. The van der Waals surface area contributed by atoms with E-state index in [1.165, 1.54) is 0 Å². The summed E-state index contributed by atoms with van der Waals surface area (Å²) in [4.78, 5) is 21.6. The third kappa shape index (κ3) is 1.93. The van der Waals surface area contributed by atoms with Crippen molar-refractivity contribution >= 4 is 21.5 Å². The zero-order chi connectivity index (χ0) is 9.14. The molecule has 12 heavy (non-hydrogen) atoms. The lowest BCUT2D eigenvalue weighted by atomic mass is 10.0. The zero-order valence-electron chi connectivity index (χ0n) is 6.66. The minimum absolute atomic E-state index is 0.0291. The first-order valence-corrected chi connectivity index (χ1v) is 4.18. The Morgan fingerprint density at radius 3 is 2.83 bits per heavy atom. The number of carbonyl (C=O) groups excluding carboxylic acids is 2. The molecule has 3 unspecified atom stereocenters. The summed E-state index contributed by atoms with van der Waals surface area (Å²) >= 11 is 0. The van der Waals surface area contributed by atoms with E-state index in [2.05, 4.69) is 24.5 Å². The number of ether oxygens (including phenoxy) is 1. The van der Waals surface area contributed by atoms with Gasteiger partial charge in [0.15, 0.2) is 0 Å². The van der Waals surface area contributed by atoms with Gasteiger partial charge in [-0.15, -0.1) is 0 Å². The summed E-state index contributed by atoms with van der Waals surface area (Å²) < 4.78 is 4.32. The molecule has 1 aliphatic heterocycles. The Labute approximate surface area is 72.5 Å². The molecule has 0 radical (unpaired) electrons. The largest absolute Gasteiger partial charge is 0.415 e. The summed E-state index contributed by atoms with van der Waals surface area (Å²) in [7, 11) is 2.34. The molecule has 1 amide bonds. The van der Waals surface area contributed by atoms with Crippen LogP contribution in [0.25, 0.3) is 0 Å². The average molecular weight is 190 g/mol. The molecule has 0 bridgehead atoms. The second kappa shape index (κ2) is 3.83. The molecule has 0 aromatic heterocycles. The fourth-order valence-electron chi connectivity index (χ4n) is 1.05. The van der Waals surface area contributed by atoms with Crippen LogP contribution in [0.5, 0.6) is 0 Å². The van der Waals surface area contributed by atoms with Crippen molar-refractivity contribution in [2.75, 3.05) is 6.54 Å². The van der Waals surface area contributed by atoms with Gasteiger partial charge in [-0.25, -0.2) is 9.59 Å². The topological polar surface area (TPSA) is 67.4 Å². The summed E-state index contributed by atoms with van der Waals surface area (Å²) in [6, 6.07) is -0.509. The van der Waals surface area contributed by atoms with Crippen LogP contribution in [0, 0.1) is 5.92 Å². The Bertz CT molecular complexity index is 209. The SMILES string of the molecule is CC(CNP)C1NC(=O)OC1=O. The predicted octanol–water partition coefficient (Wildman–Crippen LogP) is -0.363. The van der Waals surface area contributed by atoms with Crippen molar-refractivity contribution in [1.82, 2.24) is 10.4 Å². The zero-order valence-corrected chi connectivity index (χ0v) is 7.82. The molecule has 1 fully saturated rings. The highest BCUT2D eigenvalue weighted by Crippen LogP contribution is 2.10. The second-order valence-corrected chi connectivity index (χ2v) is 3.12. The number of amides is 1. The van der Waals surface area contributed by atoms with Gasteiger partial charge in [-0.1, -0.05) is 16.3 Å². The molecule has 0 saturated carbocycles. The number of nitrogens with one attached hydrogen (secondary N) is 2. The van der Waals surface area contributed by atoms with Gasteiger partial charge in [-0.3, -0.25) is 0 Å². The summed E-state index contributed by atoms with van der Waals surface area (Å²) in [5.74, 6) is -0.464. The van der Waals surface area contributed by atoms with E-state index in [-0.39, 0.29) is 5.92 Å². The van der Waals surface area contributed by atoms with Gasteiger partial charge in [0.25, 0.3) is 0 Å². The van der Waals surface area contributed by atoms with E-state index in [4.69, 9.17) is 0 Å². The van der Waals surface area contributed by atoms with Crippen molar-refractivity contribution in [2.24, 2.45) is 5.92 Å². The fourth-order valence-corrected chi connectivity index (χ4v) is 1.42. The lowest BCUT2D eigenvalue weighted by molar-refractivity contribution is -0.136. The molecule has 2 N–H and O–H groups in total. The predicted molar refractivity (Wildman–Crippen MR) is 45.3 cm³/mol. The monoisotopic (exact) mass is 190 g/mol. The summed E-state index contributed by atoms with van der Waals surface area (Å²) in [5, 5.41) is 5.27. The number of hydrogen-bond donors (Lipinski definition) is 2. The van der Waals surface area contributed by atoms with Crippen molar-refractivity contribution in [1.29, 1.82) is 0 Å². The van der Waals surface area contributed by atoms with Crippen molar-refractivity contribution in [3.63, 3.8) is 0 Å². The summed E-state index contributed by atoms with van der Waals surface area (Å²) in [6.45, 7) is 2.49. The van der Waals surface area contributed by atoms with Crippen LogP contribution in [0.1, 0.15) is 6.92 Å². The Morgan fingerprint density at radius 2 is 2.42 bits per heavy atom. The molecular weight excluding hydrogens is 179 g/mol. The molecule has 0 aliphatic carbocycles. The third-order valence-electron chi connectivity index (χ3n) is 1.73. The molecule has 68 valence electrons. The maximum absolute atomic E-state index is 11.0. The summed E-state index contributed by atoms with van der Waals surface area (Å²) in [5.41, 5.74) is 0. The van der Waals surface area contributed by atoms with Crippen LogP contribution < -0.4 is 10.4 Å². The van der Waals surface area contributed by atoms with Gasteiger partial charge in [0.2, 0.25) is 0 Å². The Kier molecular flexibility index (Phi) is 3.00. The molecule has 1 saturated heterocycles. The molecule has 0 aromatic rings. The molecular formula is C6H11N2O3P. The van der Waals surface area contributed by atoms with E-state index in [1.807, 2.05) is 6.92 Å². The van der Waals surface area contributed by atoms with E-state index >= 15 is 0 Å². The van der Waals surface area contributed by atoms with E-state index in [0.717, 1.165) is 0 Å². The maximum Gasteiger partial charge on any atom is 0.415 e. The van der Waals surface area contributed by atoms with E-state index < -0.39 is 18.1 Å². The van der Waals surface area contributed by atoms with Crippen LogP contribution in [0.2, 0.25) is 0 Å². The normalized spacial score (nSPS) is 25.0. The molecule has 0 spiro atoms. The minimum atomic E-state index is -0.652. The first-order chi connectivity index (χ1) is 5.65. The van der Waals surface area contributed by atoms with Crippen molar-refractivity contribution < 1.29 is 14.3 Å². The van der Waals surface area contributed by atoms with E-state index in [9.17, 15) is 9.59 Å². The van der Waals surface area contributed by atoms with Crippen LogP contribution in [0.15, 0.2) is 0 Å². The van der Waals surface area contributed by atoms with E-state index in [1.54, 1.807) is 0 Å². The molecule has 1 aliphatic rings. The van der Waals surface area contributed by atoms with Gasteiger partial charge in [0.05, 0.1) is 0 Å². The number of hydrogen-bond acceptors (Lipinski definition) is 4. The first kappa shape index (κ1) is 9.42. The number of carbonyl (C=O) groups is 2. The van der Waals surface area contributed by atoms with Gasteiger partial charge in [-0.2, -0.15) is 0 Å². The molecule has 3 atom stereocenters. The van der Waals surface area contributed by atoms with Gasteiger partial charge in [0.1, 0.15) is 6.04 Å². The quantitative estimate of drug-likeness (QED) is 0.362. The second-order valence-electron chi connectivity index (χ2n) is 2.72. The van der Waals surface area contributed by atoms with Gasteiger partial charge in [0, 0.05) is 6.54 Å². The number of cyclic esters (lactones) is 2. The van der Waals surface area contributed by atoms with Crippen molar-refractivity contribution in [3.05, 3.63) is 0 Å². The van der Waals surface area contributed by atoms with Crippen LogP contribution >= 0.6 is 9.39 Å². The third-order valence-corrected chi connectivity index (χ3v) is 1.97. The lowest BCUT2D eigenvalue weighted by Crippen LogP contribution is -2.38. The van der Waals surface area contributed by atoms with Crippen molar-refractivity contribution in [3.8, 4) is 0 Å². The van der Waals surface area contributed by atoms with Gasteiger partial charge < -0.3 is 15.1 Å². The van der Waals surface area contributed by atoms with Crippen LogP contribution in [-0.2, 0) is 9.53 Å². The standard InChI is InChI=1S/C6H11N2O3P/c1-3(2-7-12)4-5(9)11-6(10)8-4/h3-4,7H,2,12H2,1H3,(H,8,10). The van der Waals surface area contributed by atoms with Gasteiger partial charge in [-0.05, 0) is 5.92 Å². The highest BCUT2D eigenvalue weighted by molar-refractivity contribution is 7.13. The lowest BCUT2D eigenvalue weighted by Gasteiger charge is -2.13. The number of alkyl carbamates (subject to hydrolysis) is 1. The highest BCUT2D eigenvalue weighted by atomic mass is 31.0. The molecule has 1 rings (SSSR count). The van der Waals surface area contributed by atoms with Crippen LogP contribution in [0.4, 0.5) is 4.79 Å². The summed E-state index contributed by atoms with van der Waals surface area (Å²) in [6.07, 6.45) is -0.652. The molecule has 0 aromatic carbocycles. The van der Waals surface area contributed by atoms with Crippen LogP contribution in [0.3, 0.4) is 0 Å².